The molecular formula is C10H21NO2. The quantitative estimate of drug-likeness (QED) is 0.718. The molecule has 0 aromatic heterocycles. The summed E-state index contributed by atoms with van der Waals surface area (Å²) < 4.78 is 4.80. The first-order chi connectivity index (χ1) is 6.15. The summed E-state index contributed by atoms with van der Waals surface area (Å²) in [6.45, 7) is 8.53. The van der Waals surface area contributed by atoms with E-state index in [1.807, 2.05) is 6.92 Å². The minimum absolute atomic E-state index is 0.203. The van der Waals surface area contributed by atoms with Crippen molar-refractivity contribution in [2.45, 2.75) is 46.6 Å². The third-order valence-corrected chi connectivity index (χ3v) is 2.38. The van der Waals surface area contributed by atoms with Crippen LogP contribution in [0.15, 0.2) is 0 Å². The molecule has 0 saturated carbocycles. The molecule has 0 heterocycles. The Bertz CT molecular complexity index is 144. The third-order valence-electron chi connectivity index (χ3n) is 2.38. The van der Waals surface area contributed by atoms with Gasteiger partial charge in [-0.2, -0.15) is 0 Å². The van der Waals surface area contributed by atoms with Crippen molar-refractivity contribution in [3.05, 3.63) is 0 Å². The van der Waals surface area contributed by atoms with Crippen molar-refractivity contribution >= 4 is 6.09 Å². The summed E-state index contributed by atoms with van der Waals surface area (Å²) in [5, 5.41) is 2.82. The van der Waals surface area contributed by atoms with Gasteiger partial charge in [0.25, 0.3) is 0 Å². The zero-order valence-corrected chi connectivity index (χ0v) is 9.09. The Balaban J connectivity index is 3.82. The lowest BCUT2D eigenvalue weighted by Gasteiger charge is -2.21. The fourth-order valence-corrected chi connectivity index (χ4v) is 1.47. The minimum Gasteiger partial charge on any atom is -0.450 e. The van der Waals surface area contributed by atoms with Gasteiger partial charge in [-0.3, -0.25) is 0 Å². The van der Waals surface area contributed by atoms with E-state index in [0.717, 1.165) is 12.8 Å². The van der Waals surface area contributed by atoms with Gasteiger partial charge in [-0.05, 0) is 19.8 Å². The van der Waals surface area contributed by atoms with Gasteiger partial charge in [0.2, 0.25) is 0 Å². The number of alkyl carbamates (subject to hydrolysis) is 1. The van der Waals surface area contributed by atoms with Crippen LogP contribution in [0.2, 0.25) is 0 Å². The van der Waals surface area contributed by atoms with Gasteiger partial charge in [-0.25, -0.2) is 4.79 Å². The van der Waals surface area contributed by atoms with Gasteiger partial charge in [-0.15, -0.1) is 0 Å². The number of hydrogen-bond donors (Lipinski definition) is 1. The molecule has 0 aliphatic rings. The van der Waals surface area contributed by atoms with Crippen LogP contribution in [-0.4, -0.2) is 18.7 Å². The molecular weight excluding hydrogens is 166 g/mol. The van der Waals surface area contributed by atoms with Crippen molar-refractivity contribution in [3.63, 3.8) is 0 Å². The zero-order chi connectivity index (χ0) is 10.3. The Kier molecular flexibility index (Phi) is 6.37. The number of carbonyl (C=O) groups is 1. The molecule has 0 aliphatic heterocycles. The largest absolute Gasteiger partial charge is 0.450 e. The number of carbonyl (C=O) groups excluding carboxylic acids is 1. The number of amides is 1. The highest BCUT2D eigenvalue weighted by molar-refractivity contribution is 5.67. The van der Waals surface area contributed by atoms with Crippen molar-refractivity contribution in [1.82, 2.24) is 5.32 Å². The lowest BCUT2D eigenvalue weighted by Crippen LogP contribution is -2.38. The number of ether oxygens (including phenoxy) is 1. The van der Waals surface area contributed by atoms with Crippen LogP contribution in [0.5, 0.6) is 0 Å². The predicted octanol–water partition coefficient (Wildman–Crippen LogP) is 2.56. The van der Waals surface area contributed by atoms with Crippen LogP contribution in [0.1, 0.15) is 40.5 Å². The molecule has 1 N–H and O–H groups in total. The maximum Gasteiger partial charge on any atom is 0.407 e. The van der Waals surface area contributed by atoms with Crippen molar-refractivity contribution < 1.29 is 9.53 Å². The molecule has 0 spiro atoms. The number of hydrogen-bond acceptors (Lipinski definition) is 2. The van der Waals surface area contributed by atoms with Crippen molar-refractivity contribution in [3.8, 4) is 0 Å². The van der Waals surface area contributed by atoms with Gasteiger partial charge in [0.1, 0.15) is 0 Å². The SMILES string of the molecule is CCOC(=O)NC(C)C(CC)CC. The van der Waals surface area contributed by atoms with Crippen LogP contribution in [0.25, 0.3) is 0 Å². The van der Waals surface area contributed by atoms with Crippen molar-refractivity contribution in [2.75, 3.05) is 6.61 Å². The van der Waals surface area contributed by atoms with Crippen LogP contribution in [-0.2, 0) is 4.74 Å². The van der Waals surface area contributed by atoms with E-state index >= 15 is 0 Å². The fourth-order valence-electron chi connectivity index (χ4n) is 1.47. The molecule has 0 rings (SSSR count). The van der Waals surface area contributed by atoms with E-state index in [2.05, 4.69) is 19.2 Å². The summed E-state index contributed by atoms with van der Waals surface area (Å²) in [5.74, 6) is 0.546. The molecule has 0 bridgehead atoms. The van der Waals surface area contributed by atoms with Crippen molar-refractivity contribution in [1.29, 1.82) is 0 Å². The average Bonchev–Trinajstić information content (AvgIpc) is 2.06. The van der Waals surface area contributed by atoms with Gasteiger partial charge in [0.15, 0.2) is 0 Å². The maximum atomic E-state index is 11.1. The molecule has 78 valence electrons. The second-order valence-corrected chi connectivity index (χ2v) is 3.23. The first-order valence-corrected chi connectivity index (χ1v) is 5.08. The molecule has 3 nitrogen and oxygen atoms in total. The first-order valence-electron chi connectivity index (χ1n) is 5.08. The summed E-state index contributed by atoms with van der Waals surface area (Å²) >= 11 is 0. The van der Waals surface area contributed by atoms with E-state index in [1.54, 1.807) is 6.92 Å². The van der Waals surface area contributed by atoms with E-state index < -0.39 is 0 Å². The normalized spacial score (nSPS) is 12.7. The number of rotatable bonds is 5. The van der Waals surface area contributed by atoms with Crippen LogP contribution >= 0.6 is 0 Å². The van der Waals surface area contributed by atoms with Gasteiger partial charge in [0.05, 0.1) is 6.61 Å². The van der Waals surface area contributed by atoms with Gasteiger partial charge in [0, 0.05) is 6.04 Å². The fraction of sp³-hybridized carbons (Fsp3) is 0.900. The lowest BCUT2D eigenvalue weighted by molar-refractivity contribution is 0.144. The molecule has 0 fully saturated rings. The maximum absolute atomic E-state index is 11.1. The van der Waals surface area contributed by atoms with Crippen LogP contribution in [0.4, 0.5) is 4.79 Å². The zero-order valence-electron chi connectivity index (χ0n) is 9.09. The average molecular weight is 187 g/mol. The monoisotopic (exact) mass is 187 g/mol. The lowest BCUT2D eigenvalue weighted by atomic mass is 9.96. The summed E-state index contributed by atoms with van der Waals surface area (Å²) in [6.07, 6.45) is 1.87. The first kappa shape index (κ1) is 12.3. The molecule has 0 radical (unpaired) electrons. The van der Waals surface area contributed by atoms with E-state index in [4.69, 9.17) is 4.74 Å². The highest BCUT2D eigenvalue weighted by Gasteiger charge is 2.15. The third kappa shape index (κ3) is 4.76. The molecule has 13 heavy (non-hydrogen) atoms. The van der Waals surface area contributed by atoms with Gasteiger partial charge < -0.3 is 10.1 Å². The van der Waals surface area contributed by atoms with E-state index in [9.17, 15) is 4.79 Å². The van der Waals surface area contributed by atoms with Crippen LogP contribution in [0, 0.1) is 5.92 Å². The molecule has 1 atom stereocenters. The summed E-state index contributed by atoms with van der Waals surface area (Å²) in [7, 11) is 0. The molecule has 3 heteroatoms. The van der Waals surface area contributed by atoms with Crippen molar-refractivity contribution in [2.24, 2.45) is 5.92 Å². The summed E-state index contributed by atoms with van der Waals surface area (Å²) in [4.78, 5) is 11.1. The van der Waals surface area contributed by atoms with E-state index in [-0.39, 0.29) is 12.1 Å². The Hall–Kier alpha value is -0.730. The Morgan fingerprint density at radius 2 is 1.85 bits per heavy atom. The van der Waals surface area contributed by atoms with Crippen LogP contribution < -0.4 is 5.32 Å². The van der Waals surface area contributed by atoms with Gasteiger partial charge in [-0.1, -0.05) is 26.7 Å². The molecule has 0 aromatic carbocycles. The second-order valence-electron chi connectivity index (χ2n) is 3.23. The van der Waals surface area contributed by atoms with Gasteiger partial charge >= 0.3 is 6.09 Å². The molecule has 0 saturated heterocycles. The molecule has 0 aliphatic carbocycles. The highest BCUT2D eigenvalue weighted by atomic mass is 16.5. The smallest absolute Gasteiger partial charge is 0.407 e. The molecule has 1 unspecified atom stereocenters. The second kappa shape index (κ2) is 6.75. The Labute approximate surface area is 80.8 Å². The predicted molar refractivity (Wildman–Crippen MR) is 53.7 cm³/mol. The Morgan fingerprint density at radius 3 is 2.23 bits per heavy atom. The minimum atomic E-state index is -0.304. The molecule has 1 amide bonds. The summed E-state index contributed by atoms with van der Waals surface area (Å²) in [6, 6.07) is 0.203. The topological polar surface area (TPSA) is 38.3 Å². The van der Waals surface area contributed by atoms with E-state index in [0.29, 0.717) is 12.5 Å². The number of nitrogens with one attached hydrogen (secondary N) is 1. The van der Waals surface area contributed by atoms with Crippen LogP contribution in [0.3, 0.4) is 0 Å². The Morgan fingerprint density at radius 1 is 1.31 bits per heavy atom. The molecule has 0 aromatic rings. The summed E-state index contributed by atoms with van der Waals surface area (Å²) in [5.41, 5.74) is 0. The van der Waals surface area contributed by atoms with E-state index in [1.165, 1.54) is 0 Å². The highest BCUT2D eigenvalue weighted by Crippen LogP contribution is 2.12. The standard InChI is InChI=1S/C10H21NO2/c1-5-9(6-2)8(4)11-10(12)13-7-3/h8-9H,5-7H2,1-4H3,(H,11,12).